The van der Waals surface area contributed by atoms with E-state index in [1.807, 2.05) is 0 Å². The fourth-order valence-corrected chi connectivity index (χ4v) is 2.27. The summed E-state index contributed by atoms with van der Waals surface area (Å²) in [7, 11) is 20.1. The van der Waals surface area contributed by atoms with Crippen LogP contribution in [0.25, 0.3) is 0 Å². The van der Waals surface area contributed by atoms with E-state index in [0.717, 1.165) is 0 Å². The van der Waals surface area contributed by atoms with Gasteiger partial charge in [-0.2, -0.15) is 0 Å². The second-order valence-corrected chi connectivity index (χ2v) is 31.1. The standard InChI is InChI=1S/C16H34.4ClH.Sn/c1-3-5-7-9-11-13-15-16-14-12-10-8-6-4-2;;;;;/h3-16H2,1-2H3;4*1H;/q;;;;;+4/p-4. The first-order valence-electron chi connectivity index (χ1n) is 8.67. The van der Waals surface area contributed by atoms with Crippen LogP contribution in [0, 0.1) is 0 Å². The van der Waals surface area contributed by atoms with Crippen molar-refractivity contribution in [3.05, 3.63) is 0 Å². The number of hydrogen-bond donors (Lipinski definition) is 0. The van der Waals surface area contributed by atoms with Crippen molar-refractivity contribution in [1.29, 1.82) is 0 Å². The molecule has 0 fully saturated rings. The third kappa shape index (κ3) is 39.1. The Hall–Kier alpha value is 1.96. The molecule has 130 valence electrons. The van der Waals surface area contributed by atoms with Crippen molar-refractivity contribution in [2.45, 2.75) is 104 Å². The topological polar surface area (TPSA) is 0 Å². The molecule has 0 aromatic rings. The second kappa shape index (κ2) is 20.0. The zero-order valence-electron chi connectivity index (χ0n) is 13.9. The molecular formula is C16H34Cl4Sn. The average molecular weight is 487 g/mol. The van der Waals surface area contributed by atoms with Gasteiger partial charge in [0, 0.05) is 0 Å². The minimum atomic E-state index is -3.29. The van der Waals surface area contributed by atoms with Gasteiger partial charge < -0.3 is 0 Å². The fraction of sp³-hybridized carbons (Fsp3) is 1.00. The molecule has 5 heteroatoms. The Morgan fingerprint density at radius 2 is 0.571 bits per heavy atom. The maximum atomic E-state index is 5.04. The molecule has 0 N–H and O–H groups in total. The zero-order chi connectivity index (χ0) is 16.4. The van der Waals surface area contributed by atoms with E-state index in [1.165, 1.54) is 89.9 Å². The van der Waals surface area contributed by atoms with Crippen molar-refractivity contribution in [1.82, 2.24) is 0 Å². The first-order valence-corrected chi connectivity index (χ1v) is 23.1. The third-order valence-electron chi connectivity index (χ3n) is 3.46. The van der Waals surface area contributed by atoms with Crippen LogP contribution in [-0.2, 0) is 0 Å². The van der Waals surface area contributed by atoms with E-state index >= 15 is 0 Å². The molecule has 0 aromatic heterocycles. The fourth-order valence-electron chi connectivity index (χ4n) is 2.27. The molecule has 0 saturated heterocycles. The molecule has 0 radical (unpaired) electrons. The van der Waals surface area contributed by atoms with Gasteiger partial charge in [-0.25, -0.2) is 0 Å². The van der Waals surface area contributed by atoms with Gasteiger partial charge in [0.15, 0.2) is 0 Å². The number of rotatable bonds is 13. The predicted octanol–water partition coefficient (Wildman–Crippen LogP) is 8.86. The van der Waals surface area contributed by atoms with Crippen LogP contribution in [0.1, 0.15) is 104 Å². The van der Waals surface area contributed by atoms with Crippen LogP contribution in [0.3, 0.4) is 0 Å². The van der Waals surface area contributed by atoms with Crippen LogP contribution >= 0.6 is 35.7 Å². The van der Waals surface area contributed by atoms with Crippen molar-refractivity contribution in [2.75, 3.05) is 0 Å². The van der Waals surface area contributed by atoms with Crippen LogP contribution in [0.15, 0.2) is 0 Å². The van der Waals surface area contributed by atoms with Gasteiger partial charge in [-0.1, -0.05) is 104 Å². The monoisotopic (exact) mass is 486 g/mol. The summed E-state index contributed by atoms with van der Waals surface area (Å²) in [6, 6.07) is 0. The average Bonchev–Trinajstić information content (AvgIpc) is 2.38. The first-order chi connectivity index (χ1) is 9.91. The predicted molar refractivity (Wildman–Crippen MR) is 105 cm³/mol. The first kappa shape index (κ1) is 25.2. The minimum absolute atomic E-state index is 1.37. The summed E-state index contributed by atoms with van der Waals surface area (Å²) in [5.74, 6) is 0. The molecule has 0 saturated carbocycles. The molecule has 21 heavy (non-hydrogen) atoms. The molecule has 0 rings (SSSR count). The molecule has 0 spiro atoms. The Morgan fingerprint density at radius 1 is 0.429 bits per heavy atom. The maximum absolute atomic E-state index is 5.04. The van der Waals surface area contributed by atoms with Crippen LogP contribution in [0.2, 0.25) is 0 Å². The summed E-state index contributed by atoms with van der Waals surface area (Å²) in [6.07, 6.45) is 20.4. The van der Waals surface area contributed by atoms with E-state index in [0.29, 0.717) is 0 Å². The van der Waals surface area contributed by atoms with Gasteiger partial charge in [0.05, 0.1) is 0 Å². The summed E-state index contributed by atoms with van der Waals surface area (Å²) in [5, 5.41) is 0. The summed E-state index contributed by atoms with van der Waals surface area (Å²) < 4.78 is 0. The van der Waals surface area contributed by atoms with E-state index in [9.17, 15) is 0 Å². The molecule has 0 aliphatic heterocycles. The van der Waals surface area contributed by atoms with Crippen molar-refractivity contribution >= 4 is 49.6 Å². The molecule has 0 amide bonds. The van der Waals surface area contributed by atoms with E-state index in [4.69, 9.17) is 35.7 Å². The Morgan fingerprint density at radius 3 is 0.714 bits per heavy atom. The Bertz CT molecular complexity index is 164. The van der Waals surface area contributed by atoms with Gasteiger partial charge in [0.1, 0.15) is 0 Å². The Labute approximate surface area is 152 Å². The summed E-state index contributed by atoms with van der Waals surface area (Å²) in [6.45, 7) is 4.58. The molecular weight excluding hydrogens is 453 g/mol. The van der Waals surface area contributed by atoms with Gasteiger partial charge in [0.25, 0.3) is 0 Å². The summed E-state index contributed by atoms with van der Waals surface area (Å²) >= 11 is -3.29. The van der Waals surface area contributed by atoms with Crippen LogP contribution < -0.4 is 0 Å². The molecule has 0 unspecified atom stereocenters. The molecule has 0 atom stereocenters. The quantitative estimate of drug-likeness (QED) is 0.180. The Balaban J connectivity index is 0. The SMILES string of the molecule is CCCCCCCCCCCCCCCC.[Cl][Sn]([Cl])([Cl])[Cl]. The van der Waals surface area contributed by atoms with Gasteiger partial charge in [-0.05, 0) is 0 Å². The van der Waals surface area contributed by atoms with E-state index in [-0.39, 0.29) is 0 Å². The van der Waals surface area contributed by atoms with E-state index < -0.39 is 13.9 Å². The molecule has 0 aromatic carbocycles. The molecule has 0 bridgehead atoms. The molecule has 0 aliphatic rings. The van der Waals surface area contributed by atoms with E-state index in [2.05, 4.69) is 13.8 Å². The number of halogens is 4. The summed E-state index contributed by atoms with van der Waals surface area (Å²) in [4.78, 5) is 0. The molecule has 0 nitrogen and oxygen atoms in total. The molecule has 0 heterocycles. The van der Waals surface area contributed by atoms with E-state index in [1.54, 1.807) is 0 Å². The normalized spacial score (nSPS) is 11.1. The van der Waals surface area contributed by atoms with Crippen LogP contribution in [-0.4, -0.2) is 13.9 Å². The second-order valence-electron chi connectivity index (χ2n) is 5.67. The van der Waals surface area contributed by atoms with Crippen LogP contribution in [0.4, 0.5) is 0 Å². The van der Waals surface area contributed by atoms with Gasteiger partial charge in [0.2, 0.25) is 0 Å². The van der Waals surface area contributed by atoms with Gasteiger partial charge >= 0.3 is 49.6 Å². The van der Waals surface area contributed by atoms with Crippen molar-refractivity contribution in [3.63, 3.8) is 0 Å². The van der Waals surface area contributed by atoms with Crippen molar-refractivity contribution in [2.24, 2.45) is 0 Å². The number of unbranched alkanes of at least 4 members (excludes halogenated alkanes) is 13. The number of hydrogen-bond acceptors (Lipinski definition) is 0. The van der Waals surface area contributed by atoms with Crippen molar-refractivity contribution in [3.8, 4) is 0 Å². The Kier molecular flexibility index (Phi) is 24.0. The third-order valence-corrected chi connectivity index (χ3v) is 3.46. The molecule has 0 aliphatic carbocycles. The van der Waals surface area contributed by atoms with Gasteiger partial charge in [-0.15, -0.1) is 0 Å². The zero-order valence-corrected chi connectivity index (χ0v) is 19.8. The van der Waals surface area contributed by atoms with Gasteiger partial charge in [-0.3, -0.25) is 0 Å². The van der Waals surface area contributed by atoms with Crippen LogP contribution in [0.5, 0.6) is 0 Å². The summed E-state index contributed by atoms with van der Waals surface area (Å²) in [5.41, 5.74) is 0. The van der Waals surface area contributed by atoms with Crippen molar-refractivity contribution < 1.29 is 0 Å².